The van der Waals surface area contributed by atoms with Gasteiger partial charge >= 0.3 is 0 Å². The van der Waals surface area contributed by atoms with Gasteiger partial charge in [0, 0.05) is 6.20 Å². The highest BCUT2D eigenvalue weighted by Crippen LogP contribution is 2.27. The minimum absolute atomic E-state index is 0.794. The van der Waals surface area contributed by atoms with Gasteiger partial charge in [-0.15, -0.1) is 5.10 Å². The normalized spacial score (nSPS) is 19.3. The summed E-state index contributed by atoms with van der Waals surface area (Å²) in [6.07, 6.45) is 1.94. The summed E-state index contributed by atoms with van der Waals surface area (Å²) in [6, 6.07) is 5.97. The van der Waals surface area contributed by atoms with Crippen LogP contribution in [0.4, 0.5) is 11.5 Å². The first-order valence-electron chi connectivity index (χ1n) is 6.37. The molecule has 0 amide bonds. The van der Waals surface area contributed by atoms with E-state index in [0.717, 1.165) is 47.7 Å². The van der Waals surface area contributed by atoms with Crippen molar-refractivity contribution in [1.29, 1.82) is 0 Å². The van der Waals surface area contributed by atoms with Crippen molar-refractivity contribution in [3.63, 3.8) is 0 Å². The van der Waals surface area contributed by atoms with Crippen LogP contribution in [0.2, 0.25) is 0 Å². The largest absolute Gasteiger partial charge is 0.394 e. The van der Waals surface area contributed by atoms with Crippen molar-refractivity contribution in [2.24, 2.45) is 0 Å². The van der Waals surface area contributed by atoms with Crippen LogP contribution in [0, 0.1) is 0 Å². The Labute approximate surface area is 107 Å². The number of anilines is 2. The number of likely N-dealkylation sites (N-methyl/N-ethyl adjacent to an activating group) is 1. The molecule has 5 heteroatoms. The van der Waals surface area contributed by atoms with Crippen molar-refractivity contribution in [2.75, 3.05) is 50.9 Å². The molecule has 0 saturated carbocycles. The average molecular weight is 246 g/mol. The average Bonchev–Trinajstić information content (AvgIpc) is 2.68. The second-order valence-corrected chi connectivity index (χ2v) is 5.64. The summed E-state index contributed by atoms with van der Waals surface area (Å²) in [7, 11) is 4.54. The molecule has 0 unspecified atom stereocenters. The van der Waals surface area contributed by atoms with Gasteiger partial charge in [0.15, 0.2) is 5.82 Å². The van der Waals surface area contributed by atoms with E-state index in [0.29, 0.717) is 0 Å². The fourth-order valence-corrected chi connectivity index (χ4v) is 2.46. The number of pyridine rings is 1. The Morgan fingerprint density at radius 2 is 1.94 bits per heavy atom. The molecule has 1 aliphatic rings. The van der Waals surface area contributed by atoms with E-state index >= 15 is 0 Å². The predicted octanol–water partition coefficient (Wildman–Crippen LogP) is 0.813. The van der Waals surface area contributed by atoms with Gasteiger partial charge in [0.05, 0.1) is 45.8 Å². The Morgan fingerprint density at radius 3 is 2.61 bits per heavy atom. The van der Waals surface area contributed by atoms with Gasteiger partial charge < -0.3 is 15.1 Å². The fraction of sp³-hybridized carbons (Fsp3) is 0.462. The summed E-state index contributed by atoms with van der Waals surface area (Å²) in [5.74, 6) is 0.931. The number of quaternary nitrogens is 1. The van der Waals surface area contributed by atoms with Crippen LogP contribution >= 0.6 is 0 Å². The number of hydrogen-bond donors (Lipinski definition) is 1. The number of fused-ring (bicyclic) bond motifs is 1. The lowest BCUT2D eigenvalue weighted by Crippen LogP contribution is -2.55. The van der Waals surface area contributed by atoms with E-state index in [1.54, 1.807) is 0 Å². The summed E-state index contributed by atoms with van der Waals surface area (Å²) in [4.78, 5) is 2.30. The fourth-order valence-electron chi connectivity index (χ4n) is 2.46. The third-order valence-electron chi connectivity index (χ3n) is 3.81. The van der Waals surface area contributed by atoms with E-state index in [1.807, 2.05) is 28.9 Å². The Hall–Kier alpha value is -1.75. The summed E-state index contributed by atoms with van der Waals surface area (Å²) in [6.45, 7) is 4.29. The lowest BCUT2D eigenvalue weighted by Gasteiger charge is -2.39. The zero-order chi connectivity index (χ0) is 12.8. The highest BCUT2D eigenvalue weighted by molar-refractivity contribution is 5.81. The molecule has 0 spiro atoms. The lowest BCUT2D eigenvalue weighted by atomic mass is 10.2. The van der Waals surface area contributed by atoms with Gasteiger partial charge in [-0.25, -0.2) is 4.52 Å². The first-order valence-corrected chi connectivity index (χ1v) is 6.37. The molecule has 18 heavy (non-hydrogen) atoms. The van der Waals surface area contributed by atoms with Crippen LogP contribution in [0.15, 0.2) is 24.4 Å². The smallest absolute Gasteiger partial charge is 0.175 e. The standard InChI is InChI=1S/C13H20N5/c1-18(2)9-7-16(8-10-18)13-12(14)11-5-3-4-6-17(11)15-13/h3-6H,7-10,14H2,1-2H3/q+1. The molecule has 5 nitrogen and oxygen atoms in total. The second kappa shape index (κ2) is 3.88. The Bertz CT molecular complexity index is 562. The quantitative estimate of drug-likeness (QED) is 0.758. The van der Waals surface area contributed by atoms with Crippen LogP contribution in [0.1, 0.15) is 0 Å². The second-order valence-electron chi connectivity index (χ2n) is 5.64. The molecule has 1 saturated heterocycles. The summed E-state index contributed by atoms with van der Waals surface area (Å²) >= 11 is 0. The molecule has 2 N–H and O–H groups in total. The molecular weight excluding hydrogens is 226 g/mol. The van der Waals surface area contributed by atoms with Crippen LogP contribution in [0.5, 0.6) is 0 Å². The third kappa shape index (κ3) is 1.80. The number of nitrogens with zero attached hydrogens (tertiary/aromatic N) is 4. The predicted molar refractivity (Wildman–Crippen MR) is 73.7 cm³/mol. The van der Waals surface area contributed by atoms with E-state index in [1.165, 1.54) is 0 Å². The summed E-state index contributed by atoms with van der Waals surface area (Å²) in [5, 5.41) is 4.59. The van der Waals surface area contributed by atoms with E-state index < -0.39 is 0 Å². The number of hydrogen-bond acceptors (Lipinski definition) is 3. The van der Waals surface area contributed by atoms with Crippen LogP contribution in [0.3, 0.4) is 0 Å². The monoisotopic (exact) mass is 246 g/mol. The zero-order valence-electron chi connectivity index (χ0n) is 11.0. The molecule has 1 aliphatic heterocycles. The van der Waals surface area contributed by atoms with Gasteiger partial charge in [0.2, 0.25) is 0 Å². The maximum atomic E-state index is 6.21. The van der Waals surface area contributed by atoms with Crippen molar-refractivity contribution in [3.8, 4) is 0 Å². The maximum absolute atomic E-state index is 6.21. The SMILES string of the molecule is C[N+]1(C)CCN(c2nn3ccccc3c2N)CC1. The topological polar surface area (TPSA) is 46.6 Å². The van der Waals surface area contributed by atoms with Crippen molar-refractivity contribution >= 4 is 17.0 Å². The van der Waals surface area contributed by atoms with Crippen molar-refractivity contribution in [3.05, 3.63) is 24.4 Å². The summed E-state index contributed by atoms with van der Waals surface area (Å²) in [5.41, 5.74) is 7.99. The first kappa shape index (κ1) is 11.3. The molecule has 2 aromatic heterocycles. The van der Waals surface area contributed by atoms with Gasteiger partial charge in [-0.2, -0.15) is 0 Å². The molecule has 1 fully saturated rings. The maximum Gasteiger partial charge on any atom is 0.175 e. The van der Waals surface area contributed by atoms with E-state index in [4.69, 9.17) is 5.73 Å². The molecule has 0 radical (unpaired) electrons. The van der Waals surface area contributed by atoms with Crippen LogP contribution in [0.25, 0.3) is 5.52 Å². The minimum Gasteiger partial charge on any atom is -0.394 e. The summed E-state index contributed by atoms with van der Waals surface area (Å²) < 4.78 is 2.93. The number of piperazine rings is 1. The molecule has 0 aliphatic carbocycles. The molecule has 0 atom stereocenters. The highest BCUT2D eigenvalue weighted by atomic mass is 15.4. The van der Waals surface area contributed by atoms with Crippen LogP contribution in [-0.2, 0) is 0 Å². The van der Waals surface area contributed by atoms with Gasteiger partial charge in [-0.3, -0.25) is 0 Å². The van der Waals surface area contributed by atoms with Crippen molar-refractivity contribution < 1.29 is 4.48 Å². The van der Waals surface area contributed by atoms with Crippen LogP contribution in [-0.4, -0.2) is 54.4 Å². The molecule has 2 aromatic rings. The van der Waals surface area contributed by atoms with Crippen molar-refractivity contribution in [2.45, 2.75) is 0 Å². The molecule has 0 bridgehead atoms. The molecule has 96 valence electrons. The Kier molecular flexibility index (Phi) is 2.45. The van der Waals surface area contributed by atoms with Gasteiger partial charge in [-0.05, 0) is 12.1 Å². The number of nitrogens with two attached hydrogens (primary N) is 1. The number of nitrogen functional groups attached to an aromatic ring is 1. The van der Waals surface area contributed by atoms with Crippen LogP contribution < -0.4 is 10.6 Å². The minimum atomic E-state index is 0.794. The van der Waals surface area contributed by atoms with Gasteiger partial charge in [-0.1, -0.05) is 6.07 Å². The lowest BCUT2D eigenvalue weighted by molar-refractivity contribution is -0.890. The van der Waals surface area contributed by atoms with Gasteiger partial charge in [0.25, 0.3) is 0 Å². The first-order chi connectivity index (χ1) is 8.57. The van der Waals surface area contributed by atoms with E-state index in [9.17, 15) is 0 Å². The molecule has 3 rings (SSSR count). The number of rotatable bonds is 1. The Morgan fingerprint density at radius 1 is 1.22 bits per heavy atom. The van der Waals surface area contributed by atoms with Gasteiger partial charge in [0.1, 0.15) is 5.69 Å². The van der Waals surface area contributed by atoms with Crippen molar-refractivity contribution in [1.82, 2.24) is 9.61 Å². The van der Waals surface area contributed by atoms with E-state index in [-0.39, 0.29) is 0 Å². The Balaban J connectivity index is 1.93. The zero-order valence-corrected chi connectivity index (χ0v) is 11.0. The molecule has 3 heterocycles. The van der Waals surface area contributed by atoms with E-state index in [2.05, 4.69) is 24.1 Å². The highest BCUT2D eigenvalue weighted by Gasteiger charge is 2.27. The third-order valence-corrected chi connectivity index (χ3v) is 3.81. The molecule has 0 aromatic carbocycles. The molecular formula is C13H20N5+. The number of aromatic nitrogens is 2.